The van der Waals surface area contributed by atoms with E-state index in [1.165, 1.54) is 13.0 Å². The molecule has 188 valence electrons. The number of halogens is 3. The summed E-state index contributed by atoms with van der Waals surface area (Å²) in [5.41, 5.74) is -3.37. The zero-order valence-electron chi connectivity index (χ0n) is 20.3. The first-order valence-electron chi connectivity index (χ1n) is 10.9. The number of nitrogens with zero attached hydrogens (tertiary/aromatic N) is 1. The Morgan fingerprint density at radius 3 is 2.15 bits per heavy atom. The normalized spacial score (nSPS) is 24.8. The van der Waals surface area contributed by atoms with E-state index in [1.54, 1.807) is 53.7 Å². The van der Waals surface area contributed by atoms with E-state index in [9.17, 15) is 27.6 Å². The van der Waals surface area contributed by atoms with Gasteiger partial charge in [0.2, 0.25) is 12.7 Å². The molecule has 34 heavy (non-hydrogen) atoms. The molecule has 0 bridgehead atoms. The molecule has 7 nitrogen and oxygen atoms in total. The molecule has 1 aromatic rings. The van der Waals surface area contributed by atoms with Crippen molar-refractivity contribution in [2.45, 2.75) is 78.7 Å². The second-order valence-corrected chi connectivity index (χ2v) is 11.0. The van der Waals surface area contributed by atoms with Crippen LogP contribution in [-0.2, 0) is 19.1 Å². The minimum Gasteiger partial charge on any atom is -0.459 e. The van der Waals surface area contributed by atoms with Crippen LogP contribution >= 0.6 is 0 Å². The zero-order valence-corrected chi connectivity index (χ0v) is 20.3. The van der Waals surface area contributed by atoms with Crippen LogP contribution in [0.4, 0.5) is 13.2 Å². The van der Waals surface area contributed by atoms with Gasteiger partial charge in [-0.1, -0.05) is 26.8 Å². The van der Waals surface area contributed by atoms with Gasteiger partial charge in [0.1, 0.15) is 11.6 Å². The van der Waals surface area contributed by atoms with Gasteiger partial charge < -0.3 is 19.1 Å². The number of hydrogen-bond donors (Lipinski definition) is 0. The first-order valence-corrected chi connectivity index (χ1v) is 10.9. The predicted octanol–water partition coefficient (Wildman–Crippen LogP) is 4.58. The average molecular weight is 485 g/mol. The predicted molar refractivity (Wildman–Crippen MR) is 115 cm³/mol. The number of ketones is 1. The number of ether oxygens (including phenoxy) is 3. The minimum absolute atomic E-state index is 0.0351. The summed E-state index contributed by atoms with van der Waals surface area (Å²) in [6, 6.07) is 1.55. The smallest absolute Gasteiger partial charge is 0.452 e. The Labute approximate surface area is 196 Å². The lowest BCUT2D eigenvalue weighted by molar-refractivity contribution is -0.178. The molecule has 0 N–H and O–H groups in total. The number of alkyl halides is 3. The van der Waals surface area contributed by atoms with Crippen molar-refractivity contribution in [2.75, 3.05) is 6.79 Å². The van der Waals surface area contributed by atoms with Gasteiger partial charge in [-0.2, -0.15) is 13.2 Å². The Hall–Kier alpha value is -2.78. The highest BCUT2D eigenvalue weighted by Crippen LogP contribution is 2.54. The van der Waals surface area contributed by atoms with Gasteiger partial charge in [-0.25, -0.2) is 0 Å². The second kappa shape index (κ2) is 8.16. The van der Waals surface area contributed by atoms with Gasteiger partial charge in [-0.3, -0.25) is 14.4 Å². The van der Waals surface area contributed by atoms with Gasteiger partial charge in [0.05, 0.1) is 11.5 Å². The fourth-order valence-electron chi connectivity index (χ4n) is 4.35. The van der Waals surface area contributed by atoms with Crippen LogP contribution < -0.4 is 9.47 Å². The molecule has 1 amide bonds. The summed E-state index contributed by atoms with van der Waals surface area (Å²) in [6.45, 7) is 10.9. The van der Waals surface area contributed by atoms with Crippen LogP contribution in [0.2, 0.25) is 0 Å². The lowest BCUT2D eigenvalue weighted by Crippen LogP contribution is -2.50. The van der Waals surface area contributed by atoms with E-state index in [2.05, 4.69) is 0 Å². The maximum absolute atomic E-state index is 13.6. The molecule has 3 rings (SSSR count). The van der Waals surface area contributed by atoms with Crippen molar-refractivity contribution < 1.29 is 41.8 Å². The molecule has 1 fully saturated rings. The number of fused-ring (bicyclic) bond motifs is 1. The van der Waals surface area contributed by atoms with Crippen molar-refractivity contribution >= 4 is 17.7 Å². The molecule has 1 saturated heterocycles. The highest BCUT2D eigenvalue weighted by molar-refractivity contribution is 5.96. The van der Waals surface area contributed by atoms with Crippen LogP contribution in [0, 0.1) is 10.8 Å². The molecule has 2 aliphatic heterocycles. The number of hydrogen-bond acceptors (Lipinski definition) is 6. The highest BCUT2D eigenvalue weighted by Gasteiger charge is 2.63. The van der Waals surface area contributed by atoms with Crippen LogP contribution in [0.5, 0.6) is 11.5 Å². The molecule has 2 heterocycles. The molecule has 0 aromatic heterocycles. The van der Waals surface area contributed by atoms with Gasteiger partial charge in [0.15, 0.2) is 11.5 Å². The molecule has 0 saturated carbocycles. The molecule has 1 aromatic carbocycles. The fraction of sp³-hybridized carbons (Fsp3) is 0.625. The fourth-order valence-corrected chi connectivity index (χ4v) is 4.35. The largest absolute Gasteiger partial charge is 0.459 e. The Bertz CT molecular complexity index is 1010. The average Bonchev–Trinajstić information content (AvgIpc) is 3.25. The summed E-state index contributed by atoms with van der Waals surface area (Å²) in [6.07, 6.45) is -5.74. The minimum atomic E-state index is -5.19. The first-order chi connectivity index (χ1) is 15.4. The molecule has 2 aliphatic rings. The number of likely N-dealkylation sites (tertiary alicyclic amines) is 1. The maximum Gasteiger partial charge on any atom is 0.452 e. The summed E-state index contributed by atoms with van der Waals surface area (Å²) < 4.78 is 57.2. The van der Waals surface area contributed by atoms with Crippen LogP contribution in [0.15, 0.2) is 18.2 Å². The van der Waals surface area contributed by atoms with Crippen LogP contribution in [0.1, 0.15) is 66.5 Å². The summed E-state index contributed by atoms with van der Waals surface area (Å²) in [5, 5.41) is 0. The van der Waals surface area contributed by atoms with Crippen molar-refractivity contribution in [3.63, 3.8) is 0 Å². The van der Waals surface area contributed by atoms with Crippen molar-refractivity contribution in [3.8, 4) is 11.5 Å². The number of Topliss-reactive ketones (excluding diaryl/α,β-unsaturated/α-hetero) is 1. The van der Waals surface area contributed by atoms with Gasteiger partial charge in [-0.15, -0.1) is 0 Å². The molecule has 0 unspecified atom stereocenters. The van der Waals surface area contributed by atoms with E-state index < -0.39 is 58.8 Å². The third-order valence-electron chi connectivity index (χ3n) is 5.87. The molecule has 0 spiro atoms. The molecule has 0 radical (unpaired) electrons. The highest BCUT2D eigenvalue weighted by atomic mass is 19.4. The quantitative estimate of drug-likeness (QED) is 0.583. The summed E-state index contributed by atoms with van der Waals surface area (Å²) in [7, 11) is 0. The van der Waals surface area contributed by atoms with Gasteiger partial charge in [-0.05, 0) is 51.8 Å². The second-order valence-electron chi connectivity index (χ2n) is 11.0. The van der Waals surface area contributed by atoms with E-state index in [0.717, 1.165) is 4.90 Å². The van der Waals surface area contributed by atoms with E-state index in [-0.39, 0.29) is 6.79 Å². The number of benzene rings is 1. The Balaban J connectivity index is 2.24. The van der Waals surface area contributed by atoms with Gasteiger partial charge in [0.25, 0.3) is 5.78 Å². The van der Waals surface area contributed by atoms with Crippen LogP contribution in [0.25, 0.3) is 0 Å². The van der Waals surface area contributed by atoms with Gasteiger partial charge >= 0.3 is 12.1 Å². The monoisotopic (exact) mass is 485 g/mol. The third kappa shape index (κ3) is 4.72. The van der Waals surface area contributed by atoms with Crippen molar-refractivity contribution in [3.05, 3.63) is 23.8 Å². The van der Waals surface area contributed by atoms with E-state index in [4.69, 9.17) is 14.2 Å². The molecule has 3 atom stereocenters. The Morgan fingerprint density at radius 2 is 1.62 bits per heavy atom. The van der Waals surface area contributed by atoms with Crippen molar-refractivity contribution in [2.24, 2.45) is 10.8 Å². The topological polar surface area (TPSA) is 82.1 Å². The van der Waals surface area contributed by atoms with Crippen molar-refractivity contribution in [1.82, 2.24) is 4.90 Å². The van der Waals surface area contributed by atoms with E-state index in [0.29, 0.717) is 17.1 Å². The summed E-state index contributed by atoms with van der Waals surface area (Å²) >= 11 is 0. The number of carbonyl (C=O) groups excluding carboxylic acids is 3. The van der Waals surface area contributed by atoms with E-state index in [1.807, 2.05) is 0 Å². The number of carbonyl (C=O) groups is 3. The first kappa shape index (κ1) is 25.8. The Morgan fingerprint density at radius 1 is 1.03 bits per heavy atom. The number of rotatable bonds is 3. The zero-order chi connectivity index (χ0) is 25.9. The van der Waals surface area contributed by atoms with Crippen LogP contribution in [-0.4, -0.2) is 47.2 Å². The molecular weight excluding hydrogens is 455 g/mol. The third-order valence-corrected chi connectivity index (χ3v) is 5.87. The summed E-state index contributed by atoms with van der Waals surface area (Å²) in [5.74, 6) is -2.81. The standard InChI is InChI=1S/C24H30F3NO6/c1-21(2,3)19(30)28-14(18(29)24(25,26)27)11-23(7,20(31)34-22(4,5)6)17(28)13-8-9-15-16(10-13)33-12-32-15/h8-10,14,17H,11-12H2,1-7H3/t14-,17-,23-/m1/s1. The number of amides is 1. The summed E-state index contributed by atoms with van der Waals surface area (Å²) in [4.78, 5) is 40.4. The lowest BCUT2D eigenvalue weighted by Gasteiger charge is -2.39. The molecule has 0 aliphatic carbocycles. The van der Waals surface area contributed by atoms with Crippen molar-refractivity contribution in [1.29, 1.82) is 0 Å². The van der Waals surface area contributed by atoms with Crippen LogP contribution in [0.3, 0.4) is 0 Å². The number of esters is 1. The molecular formula is C24H30F3NO6. The van der Waals surface area contributed by atoms with E-state index >= 15 is 0 Å². The Kier molecular flexibility index (Phi) is 6.20. The maximum atomic E-state index is 13.6. The van der Waals surface area contributed by atoms with Gasteiger partial charge in [0, 0.05) is 5.41 Å². The lowest BCUT2D eigenvalue weighted by atomic mass is 9.77. The SMILES string of the molecule is CC(C)(C)OC(=O)[C@]1(C)C[C@H](C(=O)C(F)(F)F)N(C(=O)C(C)(C)C)[C@@H]1c1ccc2c(c1)OCO2. The molecule has 10 heteroatoms.